The van der Waals surface area contributed by atoms with E-state index in [-0.39, 0.29) is 23.0 Å². The van der Waals surface area contributed by atoms with Crippen LogP contribution in [0.2, 0.25) is 18.1 Å². The molecule has 0 aromatic heterocycles. The Kier molecular flexibility index (Phi) is 8.67. The maximum atomic E-state index is 10.9. The van der Waals surface area contributed by atoms with E-state index in [2.05, 4.69) is 80.1 Å². The van der Waals surface area contributed by atoms with Crippen molar-refractivity contribution in [2.24, 2.45) is 0 Å². The van der Waals surface area contributed by atoms with Crippen LogP contribution in [0.15, 0.2) is 64.0 Å². The van der Waals surface area contributed by atoms with Gasteiger partial charge in [0.15, 0.2) is 19.8 Å². The van der Waals surface area contributed by atoms with E-state index in [9.17, 15) is 5.11 Å². The Morgan fingerprint density at radius 2 is 1.71 bits per heavy atom. The maximum absolute atomic E-state index is 10.9. The van der Waals surface area contributed by atoms with Gasteiger partial charge < -0.3 is 19.0 Å². The number of hydrogen-bond donors (Lipinski definition) is 1. The van der Waals surface area contributed by atoms with Crippen LogP contribution in [0.4, 0.5) is 0 Å². The number of aliphatic hydroxyl groups excluding tert-OH is 1. The van der Waals surface area contributed by atoms with Crippen molar-refractivity contribution in [2.75, 3.05) is 20.8 Å². The first-order chi connectivity index (χ1) is 16.0. The Morgan fingerprint density at radius 1 is 1.06 bits per heavy atom. The van der Waals surface area contributed by atoms with Crippen LogP contribution in [0.5, 0.6) is 11.5 Å². The molecule has 1 aliphatic rings. The minimum absolute atomic E-state index is 0.0328. The van der Waals surface area contributed by atoms with Crippen molar-refractivity contribution in [3.8, 4) is 11.5 Å². The van der Waals surface area contributed by atoms with Gasteiger partial charge in [0.25, 0.3) is 0 Å². The van der Waals surface area contributed by atoms with Gasteiger partial charge in [0.1, 0.15) is 0 Å². The molecule has 1 N–H and O–H groups in total. The van der Waals surface area contributed by atoms with Gasteiger partial charge in [-0.05, 0) is 54.4 Å². The Labute approximate surface area is 218 Å². The lowest BCUT2D eigenvalue weighted by Crippen LogP contribution is -2.50. The summed E-state index contributed by atoms with van der Waals surface area (Å²) in [5.41, 5.74) is 0.371. The van der Waals surface area contributed by atoms with E-state index in [0.29, 0.717) is 11.5 Å². The van der Waals surface area contributed by atoms with E-state index in [1.807, 2.05) is 24.3 Å². The van der Waals surface area contributed by atoms with Crippen LogP contribution < -0.4 is 9.47 Å². The first-order valence-electron chi connectivity index (χ1n) is 11.6. The molecule has 186 valence electrons. The van der Waals surface area contributed by atoms with Gasteiger partial charge in [-0.25, -0.2) is 0 Å². The van der Waals surface area contributed by atoms with Gasteiger partial charge in [0.05, 0.1) is 26.9 Å². The van der Waals surface area contributed by atoms with Gasteiger partial charge in [-0.2, -0.15) is 0 Å². The van der Waals surface area contributed by atoms with Gasteiger partial charge in [-0.1, -0.05) is 67.0 Å². The van der Waals surface area contributed by atoms with Crippen molar-refractivity contribution >= 4 is 36.0 Å². The second kappa shape index (κ2) is 10.8. The number of ether oxygens (including phenoxy) is 2. The highest BCUT2D eigenvalue weighted by molar-refractivity contribution is 9.11. The van der Waals surface area contributed by atoms with Gasteiger partial charge in [-0.15, -0.1) is 11.8 Å². The van der Waals surface area contributed by atoms with Crippen LogP contribution in [0, 0.1) is 0 Å². The third-order valence-corrected chi connectivity index (χ3v) is 13.8. The van der Waals surface area contributed by atoms with E-state index in [4.69, 9.17) is 13.9 Å². The monoisotopic (exact) mass is 564 g/mol. The highest BCUT2D eigenvalue weighted by Crippen LogP contribution is 2.50. The average molecular weight is 566 g/mol. The minimum atomic E-state index is -2.00. The summed E-state index contributed by atoms with van der Waals surface area (Å²) in [6.07, 6.45) is 2.88. The molecule has 3 rings (SSSR count). The second-order valence-corrected chi connectivity index (χ2v) is 17.3. The molecule has 0 amide bonds. The van der Waals surface area contributed by atoms with Crippen molar-refractivity contribution in [3.05, 3.63) is 64.7 Å². The number of benzene rings is 2. The van der Waals surface area contributed by atoms with Gasteiger partial charge in [0, 0.05) is 20.0 Å². The van der Waals surface area contributed by atoms with Crippen LogP contribution in [0.25, 0.3) is 0 Å². The molecule has 7 heteroatoms. The van der Waals surface area contributed by atoms with Gasteiger partial charge in [-0.3, -0.25) is 0 Å². The molecule has 0 fully saturated rings. The Morgan fingerprint density at radius 3 is 2.26 bits per heavy atom. The Hall–Kier alpha value is -1.25. The number of rotatable bonds is 8. The Bertz CT molecular complexity index is 1010. The fraction of sp³-hybridized carbons (Fsp3) is 0.481. The fourth-order valence-electron chi connectivity index (χ4n) is 4.04. The third-order valence-electron chi connectivity index (χ3n) is 7.15. The van der Waals surface area contributed by atoms with E-state index < -0.39 is 13.7 Å². The highest BCUT2D eigenvalue weighted by Gasteiger charge is 2.47. The van der Waals surface area contributed by atoms with Crippen LogP contribution in [-0.4, -0.2) is 45.6 Å². The Balaban J connectivity index is 2.10. The molecule has 2 aromatic rings. The lowest BCUT2D eigenvalue weighted by Gasteiger charge is -2.46. The zero-order chi connectivity index (χ0) is 25.1. The molecule has 0 heterocycles. The average Bonchev–Trinajstić information content (AvgIpc) is 2.80. The molecule has 0 saturated carbocycles. The number of aliphatic hydroxyl groups is 1. The molecule has 0 aliphatic heterocycles. The first-order valence-corrected chi connectivity index (χ1v) is 16.2. The summed E-state index contributed by atoms with van der Waals surface area (Å²) in [4.78, 5) is 1.17. The van der Waals surface area contributed by atoms with E-state index in [0.717, 1.165) is 16.5 Å². The van der Waals surface area contributed by atoms with Crippen LogP contribution in [-0.2, 0) is 9.84 Å². The van der Waals surface area contributed by atoms with Crippen molar-refractivity contribution in [3.63, 3.8) is 0 Å². The molecule has 0 spiro atoms. The number of methoxy groups -OCH3 is 2. The number of halogens is 1. The summed E-state index contributed by atoms with van der Waals surface area (Å²) in [5.74, 6) is 1.32. The molecular weight excluding hydrogens is 528 g/mol. The van der Waals surface area contributed by atoms with Crippen molar-refractivity contribution in [2.45, 2.75) is 67.0 Å². The molecule has 1 aliphatic carbocycles. The van der Waals surface area contributed by atoms with Crippen LogP contribution in [0.1, 0.15) is 32.8 Å². The highest BCUT2D eigenvalue weighted by atomic mass is 79.9. The summed E-state index contributed by atoms with van der Waals surface area (Å²) >= 11 is 5.64. The third kappa shape index (κ3) is 5.59. The molecule has 4 nitrogen and oxygen atoms in total. The zero-order valence-electron chi connectivity index (χ0n) is 21.2. The summed E-state index contributed by atoms with van der Waals surface area (Å²) in [7, 11) is 1.27. The molecule has 34 heavy (non-hydrogen) atoms. The summed E-state index contributed by atoms with van der Waals surface area (Å²) in [5, 5.41) is 11.1. The predicted molar refractivity (Wildman–Crippen MR) is 148 cm³/mol. The van der Waals surface area contributed by atoms with E-state index in [1.165, 1.54) is 4.90 Å². The topological polar surface area (TPSA) is 47.9 Å². The zero-order valence-corrected chi connectivity index (χ0v) is 24.6. The van der Waals surface area contributed by atoms with Crippen molar-refractivity contribution in [1.82, 2.24) is 0 Å². The van der Waals surface area contributed by atoms with Gasteiger partial charge in [0.2, 0.25) is 0 Å². The predicted octanol–water partition coefficient (Wildman–Crippen LogP) is 7.17. The number of thioether (sulfide) groups is 1. The van der Waals surface area contributed by atoms with Crippen LogP contribution in [0.3, 0.4) is 0 Å². The molecule has 2 aromatic carbocycles. The minimum Gasteiger partial charge on any atom is -0.493 e. The molecule has 3 atom stereocenters. The lowest BCUT2D eigenvalue weighted by atomic mass is 9.73. The second-order valence-electron chi connectivity index (χ2n) is 10.3. The molecule has 0 bridgehead atoms. The lowest BCUT2D eigenvalue weighted by molar-refractivity contribution is 0.163. The molecule has 0 saturated heterocycles. The number of hydrogen-bond acceptors (Lipinski definition) is 5. The standard InChI is InChI=1S/C27H37BrO4SSi/c1-26(2,3)34(6,7)32-23-16-25(33-20-11-9-8-10-12-20)27(18-29,17-21(23)28)19-13-14-22(30-4)24(15-19)31-5/h8-15,17,23,25,29H,16,18H2,1-7H3/t23-,25-,27+/m0/s1. The largest absolute Gasteiger partial charge is 0.493 e. The SMILES string of the molecule is COc1ccc([C@]2(CO)C=C(Br)[C@@H](O[Si](C)(C)C(C)(C)C)C[C@@H]2Sc2ccccc2)cc1OC. The quantitative estimate of drug-likeness (QED) is 0.344. The molecular formula is C27H37BrO4SSi. The normalized spacial score (nSPS) is 23.4. The smallest absolute Gasteiger partial charge is 0.192 e. The summed E-state index contributed by atoms with van der Waals surface area (Å²) < 4.78 is 18.9. The molecule has 0 unspecified atom stereocenters. The van der Waals surface area contributed by atoms with Crippen LogP contribution >= 0.6 is 27.7 Å². The first kappa shape index (κ1) is 27.3. The van der Waals surface area contributed by atoms with E-state index in [1.54, 1.807) is 26.0 Å². The maximum Gasteiger partial charge on any atom is 0.192 e. The van der Waals surface area contributed by atoms with Crippen molar-refractivity contribution in [1.29, 1.82) is 0 Å². The molecule has 0 radical (unpaired) electrons. The van der Waals surface area contributed by atoms with E-state index >= 15 is 0 Å². The van der Waals surface area contributed by atoms with Crippen molar-refractivity contribution < 1.29 is 19.0 Å². The van der Waals surface area contributed by atoms with Gasteiger partial charge >= 0.3 is 0 Å². The summed E-state index contributed by atoms with van der Waals surface area (Å²) in [6, 6.07) is 16.3. The fourth-order valence-corrected chi connectivity index (χ4v) is 7.59. The summed E-state index contributed by atoms with van der Waals surface area (Å²) in [6.45, 7) is 11.3.